The molecule has 2 heteroatoms. The number of hydrogen-bond acceptors (Lipinski definition) is 2. The zero-order valence-electron chi connectivity index (χ0n) is 9.42. The fraction of sp³-hybridized carbons (Fsp3) is 0.538. The van der Waals surface area contributed by atoms with Crippen LogP contribution >= 0.6 is 0 Å². The largest absolute Gasteiger partial charge is 0.387 e. The summed E-state index contributed by atoms with van der Waals surface area (Å²) in [6.45, 7) is 5.33. The summed E-state index contributed by atoms with van der Waals surface area (Å²) >= 11 is 0. The molecule has 1 heterocycles. The third-order valence-electron chi connectivity index (χ3n) is 3.11. The highest BCUT2D eigenvalue weighted by Crippen LogP contribution is 2.25. The van der Waals surface area contributed by atoms with Crippen LogP contribution in [0.4, 0.5) is 0 Å². The number of ether oxygens (including phenoxy) is 1. The van der Waals surface area contributed by atoms with Gasteiger partial charge in [0.25, 0.3) is 0 Å². The summed E-state index contributed by atoms with van der Waals surface area (Å²) in [6, 6.07) is 6.38. The molecule has 0 spiro atoms. The number of hydrogen-bond donors (Lipinski definition) is 1. The van der Waals surface area contributed by atoms with Gasteiger partial charge in [0.15, 0.2) is 0 Å². The topological polar surface area (TPSA) is 29.5 Å². The first-order valence-electron chi connectivity index (χ1n) is 5.45. The lowest BCUT2D eigenvalue weighted by molar-refractivity contribution is 0.0269. The maximum Gasteiger partial charge on any atom is 0.0942 e. The summed E-state index contributed by atoms with van der Waals surface area (Å²) < 4.78 is 5.25. The lowest BCUT2D eigenvalue weighted by Crippen LogP contribution is -2.31. The Kier molecular flexibility index (Phi) is 2.81. The first kappa shape index (κ1) is 10.7. The Morgan fingerprint density at radius 3 is 2.87 bits per heavy atom. The predicted octanol–water partition coefficient (Wildman–Crippen LogP) is 2.00. The summed E-state index contributed by atoms with van der Waals surface area (Å²) in [5.74, 6) is 0. The normalized spacial score (nSPS) is 25.8. The van der Waals surface area contributed by atoms with E-state index in [1.54, 1.807) is 0 Å². The van der Waals surface area contributed by atoms with E-state index in [0.717, 1.165) is 6.42 Å². The van der Waals surface area contributed by atoms with Gasteiger partial charge >= 0.3 is 0 Å². The fourth-order valence-corrected chi connectivity index (χ4v) is 2.08. The highest BCUT2D eigenvalue weighted by atomic mass is 16.5. The molecule has 1 atom stereocenters. The molecule has 1 aliphatic rings. The van der Waals surface area contributed by atoms with E-state index in [9.17, 15) is 5.11 Å². The molecule has 1 N–H and O–H groups in total. The van der Waals surface area contributed by atoms with Crippen molar-refractivity contribution in [1.82, 2.24) is 0 Å². The average Bonchev–Trinajstić information content (AvgIpc) is 2.59. The van der Waals surface area contributed by atoms with Gasteiger partial charge in [-0.1, -0.05) is 23.8 Å². The van der Waals surface area contributed by atoms with Gasteiger partial charge in [0, 0.05) is 19.4 Å². The molecule has 1 aromatic rings. The number of aliphatic hydroxyl groups is 1. The van der Waals surface area contributed by atoms with Crippen LogP contribution in [0, 0.1) is 13.8 Å². The Bertz CT molecular complexity index is 352. The average molecular weight is 206 g/mol. The number of rotatable bonds is 2. The molecule has 0 saturated carbocycles. The van der Waals surface area contributed by atoms with E-state index in [2.05, 4.69) is 32.0 Å². The molecule has 15 heavy (non-hydrogen) atoms. The molecule has 0 amide bonds. The van der Waals surface area contributed by atoms with Crippen molar-refractivity contribution in [2.45, 2.75) is 32.3 Å². The molecule has 1 aliphatic heterocycles. The van der Waals surface area contributed by atoms with E-state index in [-0.39, 0.29) is 0 Å². The van der Waals surface area contributed by atoms with Crippen molar-refractivity contribution in [1.29, 1.82) is 0 Å². The van der Waals surface area contributed by atoms with Crippen LogP contribution in [0.3, 0.4) is 0 Å². The standard InChI is InChI=1S/C13H18O2/c1-10-3-4-11(2)12(7-10)8-13(14)5-6-15-9-13/h3-4,7,14H,5-6,8-9H2,1-2H3. The van der Waals surface area contributed by atoms with Crippen molar-refractivity contribution < 1.29 is 9.84 Å². The third-order valence-corrected chi connectivity index (χ3v) is 3.11. The molecule has 82 valence electrons. The van der Waals surface area contributed by atoms with Crippen molar-refractivity contribution in [3.05, 3.63) is 34.9 Å². The highest BCUT2D eigenvalue weighted by molar-refractivity contribution is 5.31. The SMILES string of the molecule is Cc1ccc(C)c(CC2(O)CCOC2)c1. The summed E-state index contributed by atoms with van der Waals surface area (Å²) in [5.41, 5.74) is 3.10. The first-order valence-corrected chi connectivity index (χ1v) is 5.45. The lowest BCUT2D eigenvalue weighted by Gasteiger charge is -2.21. The third kappa shape index (κ3) is 2.39. The van der Waals surface area contributed by atoms with Gasteiger partial charge in [0.2, 0.25) is 0 Å². The van der Waals surface area contributed by atoms with Crippen LogP contribution in [-0.2, 0) is 11.2 Å². The minimum absolute atomic E-state index is 0.473. The van der Waals surface area contributed by atoms with Gasteiger partial charge in [-0.25, -0.2) is 0 Å². The van der Waals surface area contributed by atoms with Crippen LogP contribution in [-0.4, -0.2) is 23.9 Å². The summed E-state index contributed by atoms with van der Waals surface area (Å²) in [6.07, 6.45) is 1.46. The van der Waals surface area contributed by atoms with Crippen molar-refractivity contribution in [3.63, 3.8) is 0 Å². The van der Waals surface area contributed by atoms with Gasteiger partial charge < -0.3 is 9.84 Å². The van der Waals surface area contributed by atoms with E-state index < -0.39 is 5.60 Å². The molecule has 1 aromatic carbocycles. The van der Waals surface area contributed by atoms with E-state index in [1.165, 1.54) is 16.7 Å². The first-order chi connectivity index (χ1) is 7.09. The van der Waals surface area contributed by atoms with Crippen LogP contribution in [0.2, 0.25) is 0 Å². The Balaban J connectivity index is 2.19. The maximum absolute atomic E-state index is 10.2. The second-order valence-electron chi connectivity index (χ2n) is 4.63. The second-order valence-corrected chi connectivity index (χ2v) is 4.63. The minimum Gasteiger partial charge on any atom is -0.387 e. The lowest BCUT2D eigenvalue weighted by atomic mass is 9.91. The minimum atomic E-state index is -0.640. The van der Waals surface area contributed by atoms with E-state index >= 15 is 0 Å². The Morgan fingerprint density at radius 1 is 1.40 bits per heavy atom. The molecule has 0 aromatic heterocycles. The van der Waals surface area contributed by atoms with E-state index in [4.69, 9.17) is 4.74 Å². The molecule has 1 unspecified atom stereocenters. The van der Waals surface area contributed by atoms with E-state index in [1.807, 2.05) is 0 Å². The molecule has 1 saturated heterocycles. The Hall–Kier alpha value is -0.860. The van der Waals surface area contributed by atoms with Crippen LogP contribution in [0.1, 0.15) is 23.1 Å². The molecule has 0 aliphatic carbocycles. The Labute approximate surface area is 90.9 Å². The van der Waals surface area contributed by atoms with Crippen LogP contribution < -0.4 is 0 Å². The van der Waals surface area contributed by atoms with Gasteiger partial charge in [0.1, 0.15) is 0 Å². The zero-order valence-corrected chi connectivity index (χ0v) is 9.42. The quantitative estimate of drug-likeness (QED) is 0.802. The summed E-state index contributed by atoms with van der Waals surface area (Å²) in [7, 11) is 0. The van der Waals surface area contributed by atoms with Crippen molar-refractivity contribution in [2.75, 3.05) is 13.2 Å². The monoisotopic (exact) mass is 206 g/mol. The maximum atomic E-state index is 10.2. The van der Waals surface area contributed by atoms with Gasteiger partial charge in [-0.3, -0.25) is 0 Å². The molecular weight excluding hydrogens is 188 g/mol. The van der Waals surface area contributed by atoms with Crippen molar-refractivity contribution in [3.8, 4) is 0 Å². The zero-order chi connectivity index (χ0) is 10.9. The van der Waals surface area contributed by atoms with Gasteiger partial charge in [-0.05, 0) is 25.0 Å². The molecule has 2 nitrogen and oxygen atoms in total. The van der Waals surface area contributed by atoms with Crippen LogP contribution in [0.5, 0.6) is 0 Å². The van der Waals surface area contributed by atoms with Gasteiger partial charge in [-0.2, -0.15) is 0 Å². The van der Waals surface area contributed by atoms with Crippen LogP contribution in [0.15, 0.2) is 18.2 Å². The molecule has 2 rings (SSSR count). The van der Waals surface area contributed by atoms with E-state index in [0.29, 0.717) is 19.6 Å². The molecule has 0 radical (unpaired) electrons. The summed E-state index contributed by atoms with van der Waals surface area (Å²) in [4.78, 5) is 0. The van der Waals surface area contributed by atoms with Crippen molar-refractivity contribution in [2.24, 2.45) is 0 Å². The molecule has 0 bridgehead atoms. The smallest absolute Gasteiger partial charge is 0.0942 e. The number of aryl methyl sites for hydroxylation is 2. The molecular formula is C13H18O2. The summed E-state index contributed by atoms with van der Waals surface area (Å²) in [5, 5.41) is 10.2. The van der Waals surface area contributed by atoms with Crippen LogP contribution in [0.25, 0.3) is 0 Å². The fourth-order valence-electron chi connectivity index (χ4n) is 2.08. The second kappa shape index (κ2) is 3.95. The molecule has 1 fully saturated rings. The Morgan fingerprint density at radius 2 is 2.20 bits per heavy atom. The van der Waals surface area contributed by atoms with Gasteiger partial charge in [-0.15, -0.1) is 0 Å². The predicted molar refractivity (Wildman–Crippen MR) is 60.0 cm³/mol. The number of benzene rings is 1. The highest BCUT2D eigenvalue weighted by Gasteiger charge is 2.32. The van der Waals surface area contributed by atoms with Crippen molar-refractivity contribution >= 4 is 0 Å². The van der Waals surface area contributed by atoms with Gasteiger partial charge in [0.05, 0.1) is 12.2 Å².